The van der Waals surface area contributed by atoms with Crippen LogP contribution in [-0.4, -0.2) is 32.4 Å². The van der Waals surface area contributed by atoms with Crippen LogP contribution in [0.4, 0.5) is 0 Å². The lowest BCUT2D eigenvalue weighted by molar-refractivity contribution is 0.110. The van der Waals surface area contributed by atoms with E-state index in [1.165, 1.54) is 42.9 Å². The first-order valence-corrected chi connectivity index (χ1v) is 9.36. The minimum atomic E-state index is 0. The Morgan fingerprint density at radius 2 is 1.84 bits per heavy atom. The van der Waals surface area contributed by atoms with Gasteiger partial charge >= 0.3 is 0 Å². The molecule has 3 nitrogen and oxygen atoms in total. The first-order valence-electron chi connectivity index (χ1n) is 9.36. The SMILES string of the molecule is Cl.c1ccc2c(OCCCCCCNCC3CCCO3)cccc2c1. The third-order valence-electron chi connectivity index (χ3n) is 4.65. The van der Waals surface area contributed by atoms with E-state index in [0.717, 1.165) is 38.5 Å². The van der Waals surface area contributed by atoms with Crippen molar-refractivity contribution in [2.75, 3.05) is 26.3 Å². The average Bonchev–Trinajstić information content (AvgIpc) is 3.14. The molecule has 0 saturated carbocycles. The van der Waals surface area contributed by atoms with Crippen molar-refractivity contribution in [1.82, 2.24) is 5.32 Å². The maximum absolute atomic E-state index is 5.98. The topological polar surface area (TPSA) is 30.5 Å². The molecule has 0 amide bonds. The van der Waals surface area contributed by atoms with Crippen LogP contribution in [0.25, 0.3) is 10.8 Å². The van der Waals surface area contributed by atoms with Gasteiger partial charge in [-0.15, -0.1) is 12.4 Å². The highest BCUT2D eigenvalue weighted by molar-refractivity contribution is 5.88. The predicted octanol–water partition coefficient (Wildman–Crippen LogP) is 4.97. The maximum Gasteiger partial charge on any atom is 0.127 e. The summed E-state index contributed by atoms with van der Waals surface area (Å²) in [5.41, 5.74) is 0. The Morgan fingerprint density at radius 1 is 1.00 bits per heavy atom. The smallest absolute Gasteiger partial charge is 0.127 e. The summed E-state index contributed by atoms with van der Waals surface area (Å²) in [7, 11) is 0. The van der Waals surface area contributed by atoms with E-state index in [1.54, 1.807) is 0 Å². The molecule has 4 heteroatoms. The van der Waals surface area contributed by atoms with Gasteiger partial charge in [-0.2, -0.15) is 0 Å². The molecular weight excluding hydrogens is 334 g/mol. The summed E-state index contributed by atoms with van der Waals surface area (Å²) in [5, 5.41) is 5.96. The first kappa shape index (κ1) is 20.0. The van der Waals surface area contributed by atoms with Crippen LogP contribution >= 0.6 is 12.4 Å². The Kier molecular flexibility index (Phi) is 9.09. The van der Waals surface area contributed by atoms with E-state index in [9.17, 15) is 0 Å². The minimum Gasteiger partial charge on any atom is -0.493 e. The Morgan fingerprint density at radius 3 is 2.72 bits per heavy atom. The van der Waals surface area contributed by atoms with Crippen molar-refractivity contribution in [3.05, 3.63) is 42.5 Å². The fourth-order valence-corrected chi connectivity index (χ4v) is 3.28. The van der Waals surface area contributed by atoms with Gasteiger partial charge in [0.25, 0.3) is 0 Å². The number of halogens is 1. The average molecular weight is 364 g/mol. The van der Waals surface area contributed by atoms with Gasteiger partial charge in [-0.05, 0) is 43.7 Å². The van der Waals surface area contributed by atoms with Gasteiger partial charge in [0.2, 0.25) is 0 Å². The zero-order valence-corrected chi connectivity index (χ0v) is 15.7. The largest absolute Gasteiger partial charge is 0.493 e. The number of hydrogen-bond donors (Lipinski definition) is 1. The van der Waals surface area contributed by atoms with Crippen LogP contribution in [-0.2, 0) is 4.74 Å². The maximum atomic E-state index is 5.98. The molecule has 1 heterocycles. The molecule has 0 spiro atoms. The quantitative estimate of drug-likeness (QED) is 0.604. The Bertz CT molecular complexity index is 608. The van der Waals surface area contributed by atoms with E-state index in [-0.39, 0.29) is 12.4 Å². The fraction of sp³-hybridized carbons (Fsp3) is 0.524. The number of rotatable bonds is 10. The van der Waals surface area contributed by atoms with Gasteiger partial charge in [0.15, 0.2) is 0 Å². The summed E-state index contributed by atoms with van der Waals surface area (Å²) in [5.74, 6) is 1.01. The molecule has 0 radical (unpaired) electrons. The lowest BCUT2D eigenvalue weighted by atomic mass is 10.1. The van der Waals surface area contributed by atoms with Crippen molar-refractivity contribution in [2.45, 2.75) is 44.6 Å². The summed E-state index contributed by atoms with van der Waals surface area (Å²) >= 11 is 0. The number of fused-ring (bicyclic) bond motifs is 1. The lowest BCUT2D eigenvalue weighted by Gasteiger charge is -2.11. The predicted molar refractivity (Wildman–Crippen MR) is 107 cm³/mol. The van der Waals surface area contributed by atoms with Gasteiger partial charge in [0.05, 0.1) is 12.7 Å². The second-order valence-electron chi connectivity index (χ2n) is 6.58. The lowest BCUT2D eigenvalue weighted by Crippen LogP contribution is -2.26. The summed E-state index contributed by atoms with van der Waals surface area (Å²) in [6.07, 6.45) is 7.75. The van der Waals surface area contributed by atoms with E-state index in [2.05, 4.69) is 47.8 Å². The van der Waals surface area contributed by atoms with Crippen LogP contribution < -0.4 is 10.1 Å². The first-order chi connectivity index (χ1) is 11.9. The molecule has 25 heavy (non-hydrogen) atoms. The Labute approximate surface area is 157 Å². The minimum absolute atomic E-state index is 0. The van der Waals surface area contributed by atoms with Gasteiger partial charge in [0, 0.05) is 18.5 Å². The van der Waals surface area contributed by atoms with Crippen LogP contribution in [0.3, 0.4) is 0 Å². The van der Waals surface area contributed by atoms with Crippen molar-refractivity contribution in [3.63, 3.8) is 0 Å². The monoisotopic (exact) mass is 363 g/mol. The standard InChI is InChI=1S/C21H29NO2.ClH/c1(5-14-22-17-19-11-8-16-23-19)2-6-15-24-21-13-7-10-18-9-3-4-12-20(18)21;/h3-4,7,9-10,12-13,19,22H,1-2,5-6,8,11,14-17H2;1H. The van der Waals surface area contributed by atoms with Gasteiger partial charge in [-0.25, -0.2) is 0 Å². The van der Waals surface area contributed by atoms with Crippen molar-refractivity contribution in [3.8, 4) is 5.75 Å². The Hall–Kier alpha value is -1.29. The summed E-state index contributed by atoms with van der Waals surface area (Å²) < 4.78 is 11.6. The molecule has 1 aliphatic heterocycles. The van der Waals surface area contributed by atoms with Crippen LogP contribution in [0, 0.1) is 0 Å². The molecular formula is C21H30ClNO2. The van der Waals surface area contributed by atoms with Crippen LogP contribution in [0.1, 0.15) is 38.5 Å². The molecule has 2 aromatic rings. The molecule has 2 aromatic carbocycles. The molecule has 1 atom stereocenters. The van der Waals surface area contributed by atoms with Crippen LogP contribution in [0.2, 0.25) is 0 Å². The number of nitrogens with one attached hydrogen (secondary N) is 1. The third-order valence-corrected chi connectivity index (χ3v) is 4.65. The summed E-state index contributed by atoms with van der Waals surface area (Å²) in [4.78, 5) is 0. The molecule has 0 bridgehead atoms. The highest BCUT2D eigenvalue weighted by Crippen LogP contribution is 2.25. The molecule has 1 saturated heterocycles. The fourth-order valence-electron chi connectivity index (χ4n) is 3.28. The van der Waals surface area contributed by atoms with Crippen molar-refractivity contribution in [2.24, 2.45) is 0 Å². The van der Waals surface area contributed by atoms with E-state index in [0.29, 0.717) is 6.10 Å². The molecule has 0 aliphatic carbocycles. The van der Waals surface area contributed by atoms with Crippen molar-refractivity contribution < 1.29 is 9.47 Å². The van der Waals surface area contributed by atoms with Crippen LogP contribution in [0.5, 0.6) is 5.75 Å². The number of ether oxygens (including phenoxy) is 2. The molecule has 0 aromatic heterocycles. The third kappa shape index (κ3) is 6.50. The molecule has 1 aliphatic rings. The molecule has 3 rings (SSSR count). The number of benzene rings is 2. The van der Waals surface area contributed by atoms with Gasteiger partial charge in [0.1, 0.15) is 5.75 Å². The zero-order chi connectivity index (χ0) is 16.5. The normalized spacial score (nSPS) is 16.7. The highest BCUT2D eigenvalue weighted by atomic mass is 35.5. The highest BCUT2D eigenvalue weighted by Gasteiger charge is 2.13. The number of hydrogen-bond acceptors (Lipinski definition) is 3. The summed E-state index contributed by atoms with van der Waals surface area (Å²) in [6, 6.07) is 14.7. The van der Waals surface area contributed by atoms with E-state index in [4.69, 9.17) is 9.47 Å². The molecule has 1 unspecified atom stereocenters. The molecule has 1 N–H and O–H groups in total. The van der Waals surface area contributed by atoms with E-state index in [1.807, 2.05) is 0 Å². The van der Waals surface area contributed by atoms with Crippen LogP contribution in [0.15, 0.2) is 42.5 Å². The van der Waals surface area contributed by atoms with E-state index >= 15 is 0 Å². The van der Waals surface area contributed by atoms with E-state index < -0.39 is 0 Å². The molecule has 1 fully saturated rings. The zero-order valence-electron chi connectivity index (χ0n) is 14.9. The van der Waals surface area contributed by atoms with Crippen molar-refractivity contribution >= 4 is 23.2 Å². The van der Waals surface area contributed by atoms with Crippen molar-refractivity contribution in [1.29, 1.82) is 0 Å². The molecule has 138 valence electrons. The second-order valence-corrected chi connectivity index (χ2v) is 6.58. The summed E-state index contributed by atoms with van der Waals surface area (Å²) in [6.45, 7) is 3.87. The second kappa shape index (κ2) is 11.3. The number of unbranched alkanes of at least 4 members (excludes halogenated alkanes) is 3. The van der Waals surface area contributed by atoms with Gasteiger partial charge < -0.3 is 14.8 Å². The Balaban J connectivity index is 0.00000225. The van der Waals surface area contributed by atoms with Gasteiger partial charge in [-0.1, -0.05) is 49.2 Å². The van der Waals surface area contributed by atoms with Gasteiger partial charge in [-0.3, -0.25) is 0 Å².